The van der Waals surface area contributed by atoms with E-state index in [0.29, 0.717) is 11.8 Å². The third-order valence-corrected chi connectivity index (χ3v) is 8.19. The molecule has 0 aromatic rings. The van der Waals surface area contributed by atoms with Gasteiger partial charge in [0.2, 0.25) is 5.91 Å². The maximum atomic E-state index is 12.2. The van der Waals surface area contributed by atoms with E-state index in [1.54, 1.807) is 0 Å². The first kappa shape index (κ1) is 29.5. The number of nitrogens with zero attached hydrogens (tertiary/aromatic N) is 1. The number of carbonyl (C=O) groups excluding carboxylic acids is 1. The summed E-state index contributed by atoms with van der Waals surface area (Å²) in [5.74, 6) is 4.06. The average molecular weight is 452 g/mol. The number of rotatable bonds is 13. The molecule has 0 heterocycles. The Kier molecular flexibility index (Phi) is 14.8. The van der Waals surface area contributed by atoms with Gasteiger partial charge in [-0.05, 0) is 69.1 Å². The van der Waals surface area contributed by atoms with Crippen molar-refractivity contribution in [1.29, 1.82) is 0 Å². The minimum absolute atomic E-state index is 0.0346. The molecule has 0 saturated heterocycles. The lowest BCUT2D eigenvalue weighted by Crippen LogP contribution is -2.41. The van der Waals surface area contributed by atoms with E-state index in [1.807, 2.05) is 13.8 Å². The van der Waals surface area contributed by atoms with E-state index >= 15 is 0 Å². The van der Waals surface area contributed by atoms with Crippen molar-refractivity contribution in [1.82, 2.24) is 5.06 Å². The van der Waals surface area contributed by atoms with Crippen molar-refractivity contribution in [2.24, 2.45) is 35.5 Å². The Balaban J connectivity index is 0.000000320. The van der Waals surface area contributed by atoms with E-state index < -0.39 is 0 Å². The molecule has 2 fully saturated rings. The fraction of sp³-hybridized carbons (Fsp3) is 0.966. The molecule has 0 bridgehead atoms. The van der Waals surface area contributed by atoms with Crippen LogP contribution in [0, 0.1) is 35.5 Å². The molecule has 0 aromatic heterocycles. The van der Waals surface area contributed by atoms with Crippen LogP contribution in [0.3, 0.4) is 0 Å². The zero-order valence-corrected chi connectivity index (χ0v) is 22.7. The lowest BCUT2D eigenvalue weighted by atomic mass is 9.72. The van der Waals surface area contributed by atoms with Gasteiger partial charge in [-0.2, -0.15) is 0 Å². The molecule has 3 unspecified atom stereocenters. The number of hydroxylamine groups is 2. The van der Waals surface area contributed by atoms with E-state index in [-0.39, 0.29) is 17.9 Å². The topological polar surface area (TPSA) is 40.5 Å². The largest absolute Gasteiger partial charge is 0.286 e. The summed E-state index contributed by atoms with van der Waals surface area (Å²) < 4.78 is 0. The summed E-state index contributed by atoms with van der Waals surface area (Å²) in [6, 6.07) is -0.123. The van der Waals surface area contributed by atoms with Gasteiger partial charge in [0.25, 0.3) is 0 Å². The third-order valence-electron chi connectivity index (χ3n) is 8.19. The van der Waals surface area contributed by atoms with E-state index in [9.17, 15) is 10.0 Å². The summed E-state index contributed by atoms with van der Waals surface area (Å²) in [7, 11) is 0. The van der Waals surface area contributed by atoms with Crippen LogP contribution in [-0.2, 0) is 4.79 Å². The molecule has 190 valence electrons. The van der Waals surface area contributed by atoms with Crippen molar-refractivity contribution < 1.29 is 10.0 Å². The molecular weight excluding hydrogens is 394 g/mol. The molecule has 2 saturated carbocycles. The Bertz CT molecular complexity index is 480. The van der Waals surface area contributed by atoms with Gasteiger partial charge in [0.1, 0.15) is 0 Å². The molecule has 1 amide bonds. The molecule has 1 N–H and O–H groups in total. The lowest BCUT2D eigenvalue weighted by molar-refractivity contribution is -0.180. The Morgan fingerprint density at radius 1 is 0.844 bits per heavy atom. The summed E-state index contributed by atoms with van der Waals surface area (Å²) in [4.78, 5) is 12.2. The molecule has 3 atom stereocenters. The van der Waals surface area contributed by atoms with Crippen LogP contribution in [0.15, 0.2) is 0 Å². The molecule has 3 nitrogen and oxygen atoms in total. The van der Waals surface area contributed by atoms with Crippen LogP contribution >= 0.6 is 0 Å². The maximum absolute atomic E-state index is 12.2. The second-order valence-corrected chi connectivity index (χ2v) is 11.3. The minimum Gasteiger partial charge on any atom is -0.286 e. The molecule has 2 aliphatic rings. The molecule has 3 heteroatoms. The van der Waals surface area contributed by atoms with Crippen LogP contribution in [0.1, 0.15) is 138 Å². The monoisotopic (exact) mass is 451 g/mol. The first-order valence-electron chi connectivity index (χ1n) is 14.3. The van der Waals surface area contributed by atoms with Gasteiger partial charge in [-0.25, -0.2) is 5.06 Å². The number of amides is 1. The van der Waals surface area contributed by atoms with Crippen LogP contribution in [0.4, 0.5) is 0 Å². The number of hydrogen-bond acceptors (Lipinski definition) is 2. The van der Waals surface area contributed by atoms with Crippen molar-refractivity contribution >= 4 is 5.91 Å². The molecule has 0 radical (unpaired) electrons. The fourth-order valence-corrected chi connectivity index (χ4v) is 6.00. The molecule has 0 aliphatic heterocycles. The summed E-state index contributed by atoms with van der Waals surface area (Å²) in [5, 5.41) is 10.7. The van der Waals surface area contributed by atoms with E-state index in [0.717, 1.165) is 48.5 Å². The van der Waals surface area contributed by atoms with E-state index in [1.165, 1.54) is 64.2 Å². The van der Waals surface area contributed by atoms with Gasteiger partial charge in [-0.1, -0.05) is 98.8 Å². The Morgan fingerprint density at radius 3 is 1.88 bits per heavy atom. The zero-order valence-electron chi connectivity index (χ0n) is 22.7. The molecular formula is C29H57NO2. The second-order valence-electron chi connectivity index (χ2n) is 11.3. The summed E-state index contributed by atoms with van der Waals surface area (Å²) in [6.07, 6.45) is 19.2. The second kappa shape index (κ2) is 16.1. The highest BCUT2D eigenvalue weighted by atomic mass is 16.5. The normalized spacial score (nSPS) is 23.8. The third kappa shape index (κ3) is 10.1. The highest BCUT2D eigenvalue weighted by Gasteiger charge is 2.41. The summed E-state index contributed by atoms with van der Waals surface area (Å²) in [5.41, 5.74) is 0. The van der Waals surface area contributed by atoms with Crippen LogP contribution in [-0.4, -0.2) is 22.2 Å². The first-order chi connectivity index (χ1) is 15.3. The van der Waals surface area contributed by atoms with Crippen molar-refractivity contribution in [2.45, 2.75) is 144 Å². The average Bonchev–Trinajstić information content (AvgIpc) is 3.60. The number of unbranched alkanes of at least 4 members (excludes halogenated alkanes) is 1. The van der Waals surface area contributed by atoms with Crippen LogP contribution in [0.2, 0.25) is 0 Å². The van der Waals surface area contributed by atoms with Crippen molar-refractivity contribution in [3.63, 3.8) is 0 Å². The van der Waals surface area contributed by atoms with Gasteiger partial charge in [-0.15, -0.1) is 0 Å². The van der Waals surface area contributed by atoms with Crippen molar-refractivity contribution in [3.05, 3.63) is 0 Å². The summed E-state index contributed by atoms with van der Waals surface area (Å²) >= 11 is 0. The minimum atomic E-state index is -0.123. The maximum Gasteiger partial charge on any atom is 0.249 e. The smallest absolute Gasteiger partial charge is 0.249 e. The van der Waals surface area contributed by atoms with Crippen LogP contribution in [0.5, 0.6) is 0 Å². The Labute approximate surface area is 201 Å². The van der Waals surface area contributed by atoms with Crippen LogP contribution < -0.4 is 0 Å². The lowest BCUT2D eigenvalue weighted by Gasteiger charge is -2.33. The predicted octanol–water partition coefficient (Wildman–Crippen LogP) is 8.88. The highest BCUT2D eigenvalue weighted by Crippen LogP contribution is 2.42. The van der Waals surface area contributed by atoms with E-state index in [2.05, 4.69) is 34.6 Å². The Morgan fingerprint density at radius 2 is 1.44 bits per heavy atom. The van der Waals surface area contributed by atoms with Crippen molar-refractivity contribution in [3.8, 4) is 0 Å². The predicted molar refractivity (Wildman–Crippen MR) is 138 cm³/mol. The number of carbonyl (C=O) groups is 1. The molecule has 0 aromatic carbocycles. The SMILES string of the molecule is CCCC(C)C(C(=O)N(O)C(C)C)C1CC1.CCCCC(CC)C1CCC(CCC)CC1. The highest BCUT2D eigenvalue weighted by molar-refractivity contribution is 5.78. The standard InChI is InChI=1S/C16H32.C13H25NO2/c1-4-7-9-15(6-3)16-12-10-14(8-5-2)11-13-16;1-5-6-10(4)12(11-7-8-11)13(15)14(16)9(2)3/h14-16H,4-13H2,1-3H3;9-12,16H,5-8H2,1-4H3. The Hall–Kier alpha value is -0.570. The molecule has 0 spiro atoms. The van der Waals surface area contributed by atoms with Gasteiger partial charge in [0, 0.05) is 5.92 Å². The quantitative estimate of drug-likeness (QED) is 0.224. The van der Waals surface area contributed by atoms with Gasteiger partial charge >= 0.3 is 0 Å². The van der Waals surface area contributed by atoms with Gasteiger partial charge in [0.15, 0.2) is 0 Å². The van der Waals surface area contributed by atoms with Gasteiger partial charge in [0.05, 0.1) is 6.04 Å². The van der Waals surface area contributed by atoms with Gasteiger partial charge < -0.3 is 0 Å². The molecule has 32 heavy (non-hydrogen) atoms. The first-order valence-corrected chi connectivity index (χ1v) is 14.3. The zero-order chi connectivity index (χ0) is 24.1. The van der Waals surface area contributed by atoms with Crippen LogP contribution in [0.25, 0.3) is 0 Å². The number of hydrogen-bond donors (Lipinski definition) is 1. The van der Waals surface area contributed by atoms with E-state index in [4.69, 9.17) is 0 Å². The molecule has 2 aliphatic carbocycles. The molecule has 2 rings (SSSR count). The van der Waals surface area contributed by atoms with Gasteiger partial charge in [-0.3, -0.25) is 10.0 Å². The fourth-order valence-electron chi connectivity index (χ4n) is 6.00. The summed E-state index contributed by atoms with van der Waals surface area (Å²) in [6.45, 7) is 15.0. The van der Waals surface area contributed by atoms with Crippen molar-refractivity contribution in [2.75, 3.05) is 0 Å².